The van der Waals surface area contributed by atoms with Gasteiger partial charge in [-0.2, -0.15) is 0 Å². The van der Waals surface area contributed by atoms with Crippen LogP contribution in [0.2, 0.25) is 5.02 Å². The van der Waals surface area contributed by atoms with Crippen molar-refractivity contribution in [3.8, 4) is 0 Å². The average molecular weight is 487 g/mol. The van der Waals surface area contributed by atoms with Crippen LogP contribution in [0.4, 0.5) is 0 Å². The quantitative estimate of drug-likeness (QED) is 0.367. The van der Waals surface area contributed by atoms with Crippen molar-refractivity contribution in [1.29, 1.82) is 0 Å². The fraction of sp³-hybridized carbons (Fsp3) is 0.533. The summed E-state index contributed by atoms with van der Waals surface area (Å²) >= 11 is 6.12. The minimum atomic E-state index is -3.04. The number of sulfonamides is 1. The maximum atomic E-state index is 11.7. The van der Waals surface area contributed by atoms with Crippen LogP contribution in [0, 0.1) is 0 Å². The molecule has 9 heteroatoms. The average Bonchev–Trinajstić information content (AvgIpc) is 2.85. The van der Waals surface area contributed by atoms with Crippen molar-refractivity contribution in [2.45, 2.75) is 19.9 Å². The molecule has 2 N–H and O–H groups in total. The number of aliphatic imine (C=N–C) groups is 1. The van der Waals surface area contributed by atoms with Crippen molar-refractivity contribution in [3.63, 3.8) is 0 Å². The zero-order chi connectivity index (χ0) is 16.7. The predicted octanol–water partition coefficient (Wildman–Crippen LogP) is 2.05. The van der Waals surface area contributed by atoms with E-state index >= 15 is 0 Å². The third-order valence-corrected chi connectivity index (χ3v) is 5.89. The lowest BCUT2D eigenvalue weighted by atomic mass is 10.2. The molecule has 0 bridgehead atoms. The molecule has 0 amide bonds. The maximum Gasteiger partial charge on any atom is 0.214 e. The van der Waals surface area contributed by atoms with E-state index in [1.807, 2.05) is 31.2 Å². The zero-order valence-electron chi connectivity index (χ0n) is 13.7. The van der Waals surface area contributed by atoms with E-state index in [4.69, 9.17) is 11.6 Å². The number of hydrogen-bond acceptors (Lipinski definition) is 3. The highest BCUT2D eigenvalue weighted by molar-refractivity contribution is 14.0. The first-order chi connectivity index (χ1) is 11.0. The van der Waals surface area contributed by atoms with Crippen molar-refractivity contribution in [2.75, 3.05) is 31.9 Å². The molecule has 0 spiro atoms. The van der Waals surface area contributed by atoms with Gasteiger partial charge in [-0.25, -0.2) is 17.7 Å². The van der Waals surface area contributed by atoms with Crippen LogP contribution in [-0.2, 0) is 16.6 Å². The molecule has 0 aliphatic carbocycles. The first-order valence-corrected chi connectivity index (χ1v) is 9.75. The van der Waals surface area contributed by atoms with Gasteiger partial charge in [0.1, 0.15) is 0 Å². The van der Waals surface area contributed by atoms with Crippen LogP contribution < -0.4 is 10.6 Å². The van der Waals surface area contributed by atoms with Gasteiger partial charge in [-0.15, -0.1) is 24.0 Å². The van der Waals surface area contributed by atoms with Gasteiger partial charge in [-0.3, -0.25) is 0 Å². The predicted molar refractivity (Wildman–Crippen MR) is 110 cm³/mol. The summed E-state index contributed by atoms with van der Waals surface area (Å²) in [4.78, 5) is 4.49. The standard InChI is InChI=1S/C15H23ClN4O2S.HI/c1-2-17-15(19-12-13-6-3-4-7-14(13)16)18-8-10-20-9-5-11-23(20,21)22;/h3-4,6-7H,2,5,8-12H2,1H3,(H2,17,18,19);1H. The number of nitrogens with one attached hydrogen (secondary N) is 2. The number of benzene rings is 1. The van der Waals surface area contributed by atoms with E-state index < -0.39 is 10.0 Å². The van der Waals surface area contributed by atoms with Crippen molar-refractivity contribution in [2.24, 2.45) is 4.99 Å². The molecule has 2 rings (SSSR count). The lowest BCUT2D eigenvalue weighted by Gasteiger charge is -2.16. The van der Waals surface area contributed by atoms with Gasteiger partial charge in [-0.1, -0.05) is 29.8 Å². The highest BCUT2D eigenvalue weighted by Gasteiger charge is 2.27. The second-order valence-corrected chi connectivity index (χ2v) is 7.78. The zero-order valence-corrected chi connectivity index (χ0v) is 17.6. The summed E-state index contributed by atoms with van der Waals surface area (Å²) in [7, 11) is -3.04. The highest BCUT2D eigenvalue weighted by atomic mass is 127. The molecule has 1 aromatic rings. The third kappa shape index (κ3) is 6.38. The number of hydrogen-bond donors (Lipinski definition) is 2. The molecule has 1 aliphatic heterocycles. The van der Waals surface area contributed by atoms with E-state index in [0.717, 1.165) is 12.1 Å². The van der Waals surface area contributed by atoms with Crippen LogP contribution in [0.25, 0.3) is 0 Å². The van der Waals surface area contributed by atoms with Crippen LogP contribution in [0.1, 0.15) is 18.9 Å². The van der Waals surface area contributed by atoms with Gasteiger partial charge in [0.25, 0.3) is 0 Å². The first-order valence-electron chi connectivity index (χ1n) is 7.76. The molecule has 1 aromatic carbocycles. The normalized spacial score (nSPS) is 17.3. The molecule has 0 saturated carbocycles. The van der Waals surface area contributed by atoms with Crippen molar-refractivity contribution < 1.29 is 8.42 Å². The van der Waals surface area contributed by atoms with Gasteiger partial charge >= 0.3 is 0 Å². The lowest BCUT2D eigenvalue weighted by Crippen LogP contribution is -2.42. The van der Waals surface area contributed by atoms with Crippen LogP contribution in [-0.4, -0.2) is 50.6 Å². The number of rotatable bonds is 6. The SMILES string of the molecule is CCNC(=NCc1ccccc1Cl)NCCN1CCCS1(=O)=O.I. The molecule has 24 heavy (non-hydrogen) atoms. The Labute approximate surface area is 166 Å². The highest BCUT2D eigenvalue weighted by Crippen LogP contribution is 2.15. The molecule has 1 heterocycles. The Morgan fingerprint density at radius 1 is 1.33 bits per heavy atom. The minimum Gasteiger partial charge on any atom is -0.357 e. The monoisotopic (exact) mass is 486 g/mol. The van der Waals surface area contributed by atoms with E-state index in [-0.39, 0.29) is 29.7 Å². The number of halogens is 2. The van der Waals surface area contributed by atoms with E-state index in [0.29, 0.717) is 43.6 Å². The molecular formula is C15H24ClIN4O2S. The van der Waals surface area contributed by atoms with E-state index in [9.17, 15) is 8.42 Å². The smallest absolute Gasteiger partial charge is 0.214 e. The van der Waals surface area contributed by atoms with Gasteiger partial charge < -0.3 is 10.6 Å². The largest absolute Gasteiger partial charge is 0.357 e. The fourth-order valence-electron chi connectivity index (χ4n) is 2.37. The summed E-state index contributed by atoms with van der Waals surface area (Å²) < 4.78 is 25.0. The molecule has 1 aliphatic rings. The van der Waals surface area contributed by atoms with Crippen molar-refractivity contribution in [3.05, 3.63) is 34.9 Å². The topological polar surface area (TPSA) is 73.8 Å². The molecule has 136 valence electrons. The molecule has 0 unspecified atom stereocenters. The maximum absolute atomic E-state index is 11.7. The summed E-state index contributed by atoms with van der Waals surface area (Å²) in [6.45, 7) is 4.77. The van der Waals surface area contributed by atoms with E-state index in [1.54, 1.807) is 0 Å². The van der Waals surface area contributed by atoms with Crippen LogP contribution in [0.5, 0.6) is 0 Å². The Morgan fingerprint density at radius 2 is 2.08 bits per heavy atom. The van der Waals surface area contributed by atoms with Gasteiger partial charge in [-0.05, 0) is 25.0 Å². The molecule has 1 fully saturated rings. The Morgan fingerprint density at radius 3 is 2.71 bits per heavy atom. The van der Waals surface area contributed by atoms with Crippen molar-refractivity contribution >= 4 is 51.6 Å². The first kappa shape index (κ1) is 21.5. The third-order valence-electron chi connectivity index (χ3n) is 3.57. The van der Waals surface area contributed by atoms with Gasteiger partial charge in [0.15, 0.2) is 5.96 Å². The Bertz CT molecular complexity index is 655. The van der Waals surface area contributed by atoms with Gasteiger partial charge in [0.05, 0.1) is 12.3 Å². The molecule has 0 aromatic heterocycles. The summed E-state index contributed by atoms with van der Waals surface area (Å²) in [5, 5.41) is 7.00. The number of guanidine groups is 1. The molecule has 6 nitrogen and oxygen atoms in total. The fourth-order valence-corrected chi connectivity index (χ4v) is 4.10. The van der Waals surface area contributed by atoms with Crippen molar-refractivity contribution in [1.82, 2.24) is 14.9 Å². The van der Waals surface area contributed by atoms with E-state index in [1.165, 1.54) is 4.31 Å². The summed E-state index contributed by atoms with van der Waals surface area (Å²) in [5.74, 6) is 0.914. The lowest BCUT2D eigenvalue weighted by molar-refractivity contribution is 0.445. The van der Waals surface area contributed by atoms with Crippen LogP contribution in [0.15, 0.2) is 29.3 Å². The number of nitrogens with zero attached hydrogens (tertiary/aromatic N) is 2. The second kappa shape index (κ2) is 10.4. The summed E-state index contributed by atoms with van der Waals surface area (Å²) in [6.07, 6.45) is 0.711. The summed E-state index contributed by atoms with van der Waals surface area (Å²) in [6, 6.07) is 7.59. The molecule has 0 radical (unpaired) electrons. The van der Waals surface area contributed by atoms with Gasteiger partial charge in [0.2, 0.25) is 10.0 Å². The minimum absolute atomic E-state index is 0. The molecule has 1 saturated heterocycles. The van der Waals surface area contributed by atoms with E-state index in [2.05, 4.69) is 15.6 Å². The van der Waals surface area contributed by atoms with Gasteiger partial charge in [0, 0.05) is 31.2 Å². The molecular weight excluding hydrogens is 463 g/mol. The van der Waals surface area contributed by atoms with Crippen LogP contribution >= 0.6 is 35.6 Å². The Hall–Kier alpha value is -0.580. The Balaban J connectivity index is 0.00000288. The van der Waals surface area contributed by atoms with Crippen LogP contribution in [0.3, 0.4) is 0 Å². The summed E-state index contributed by atoms with van der Waals surface area (Å²) in [5.41, 5.74) is 0.952. The second-order valence-electron chi connectivity index (χ2n) is 5.28. The Kier molecular flexibility index (Phi) is 9.32. The molecule has 0 atom stereocenters.